The van der Waals surface area contributed by atoms with Gasteiger partial charge in [0.05, 0.1) is 13.3 Å². The Morgan fingerprint density at radius 2 is 2.18 bits per heavy atom. The van der Waals surface area contributed by atoms with Crippen LogP contribution in [0, 0.1) is 6.92 Å². The van der Waals surface area contributed by atoms with Crippen LogP contribution in [0.5, 0.6) is 0 Å². The molecule has 6 nitrogen and oxygen atoms in total. The van der Waals surface area contributed by atoms with Gasteiger partial charge in [0.1, 0.15) is 17.9 Å². The molecule has 0 bridgehead atoms. The third kappa shape index (κ3) is 3.05. The maximum Gasteiger partial charge on any atom is 0.325 e. The highest BCUT2D eigenvalue weighted by Gasteiger charge is 2.24. The van der Waals surface area contributed by atoms with E-state index in [0.29, 0.717) is 11.3 Å². The van der Waals surface area contributed by atoms with Crippen molar-refractivity contribution in [2.75, 3.05) is 13.7 Å². The van der Waals surface area contributed by atoms with E-state index in [9.17, 15) is 9.59 Å². The van der Waals surface area contributed by atoms with Gasteiger partial charge in [0.25, 0.3) is 5.91 Å². The largest absolute Gasteiger partial charge is 0.468 e. The molecule has 0 saturated carbocycles. The van der Waals surface area contributed by atoms with E-state index in [2.05, 4.69) is 9.89 Å². The zero-order valence-corrected chi connectivity index (χ0v) is 10.4. The summed E-state index contributed by atoms with van der Waals surface area (Å²) in [6, 6.07) is -0.115. The smallest absolute Gasteiger partial charge is 0.325 e. The first-order valence-corrected chi connectivity index (χ1v) is 5.26. The van der Waals surface area contributed by atoms with Gasteiger partial charge >= 0.3 is 5.97 Å². The lowest BCUT2D eigenvalue weighted by atomic mass is 10.2. The molecule has 0 aliphatic carbocycles. The molecule has 0 aromatic carbocycles. The van der Waals surface area contributed by atoms with Crippen molar-refractivity contribution in [1.82, 2.24) is 10.1 Å². The zero-order valence-electron chi connectivity index (χ0n) is 10.4. The summed E-state index contributed by atoms with van der Waals surface area (Å²) in [6.45, 7) is 5.21. The molecule has 1 amide bonds. The average Bonchev–Trinajstić information content (AvgIpc) is 2.70. The number of amides is 1. The molecule has 0 radical (unpaired) electrons. The minimum atomic E-state index is -0.457. The molecule has 17 heavy (non-hydrogen) atoms. The first kappa shape index (κ1) is 13.2. The highest BCUT2D eigenvalue weighted by Crippen LogP contribution is 2.12. The van der Waals surface area contributed by atoms with E-state index >= 15 is 0 Å². The van der Waals surface area contributed by atoms with Crippen LogP contribution in [-0.4, -0.2) is 41.6 Å². The van der Waals surface area contributed by atoms with Crippen LogP contribution in [0.4, 0.5) is 0 Å². The van der Waals surface area contributed by atoms with E-state index in [-0.39, 0.29) is 18.5 Å². The van der Waals surface area contributed by atoms with Gasteiger partial charge in [0, 0.05) is 6.04 Å². The first-order chi connectivity index (χ1) is 7.97. The number of nitrogens with zero attached hydrogens (tertiary/aromatic N) is 2. The van der Waals surface area contributed by atoms with Gasteiger partial charge in [-0.3, -0.25) is 9.59 Å². The number of esters is 1. The van der Waals surface area contributed by atoms with Crippen LogP contribution in [-0.2, 0) is 9.53 Å². The summed E-state index contributed by atoms with van der Waals surface area (Å²) in [6.07, 6.45) is 1.35. The van der Waals surface area contributed by atoms with Crippen LogP contribution in [0.1, 0.15) is 30.0 Å². The van der Waals surface area contributed by atoms with Gasteiger partial charge in [-0.2, -0.15) is 0 Å². The standard InChI is InChI=1S/C11H16N2O4/c1-7(2)13(6-10(14)16-4)11(15)9-5-12-17-8(9)3/h5,7H,6H2,1-4H3. The lowest BCUT2D eigenvalue weighted by Gasteiger charge is -2.24. The monoisotopic (exact) mass is 240 g/mol. The number of rotatable bonds is 4. The van der Waals surface area contributed by atoms with Crippen molar-refractivity contribution < 1.29 is 18.8 Å². The van der Waals surface area contributed by atoms with E-state index in [0.717, 1.165) is 0 Å². The van der Waals surface area contributed by atoms with Gasteiger partial charge in [-0.15, -0.1) is 0 Å². The number of carbonyl (C=O) groups excluding carboxylic acids is 2. The molecule has 1 heterocycles. The predicted molar refractivity (Wildman–Crippen MR) is 59.4 cm³/mol. The predicted octanol–water partition coefficient (Wildman–Crippen LogP) is 1.01. The van der Waals surface area contributed by atoms with Gasteiger partial charge in [-0.1, -0.05) is 5.16 Å². The SMILES string of the molecule is COC(=O)CN(C(=O)c1cnoc1C)C(C)C. The fraction of sp³-hybridized carbons (Fsp3) is 0.545. The van der Waals surface area contributed by atoms with E-state index in [1.54, 1.807) is 6.92 Å². The maximum atomic E-state index is 12.1. The Bertz CT molecular complexity index is 411. The molecule has 0 unspecified atom stereocenters. The zero-order chi connectivity index (χ0) is 13.0. The second-order valence-corrected chi connectivity index (χ2v) is 3.90. The van der Waals surface area contributed by atoms with Gasteiger partial charge < -0.3 is 14.2 Å². The van der Waals surface area contributed by atoms with Gasteiger partial charge in [-0.25, -0.2) is 0 Å². The molecule has 6 heteroatoms. The number of aromatic nitrogens is 1. The Balaban J connectivity index is 2.89. The van der Waals surface area contributed by atoms with Crippen molar-refractivity contribution in [3.63, 3.8) is 0 Å². The number of aryl methyl sites for hydroxylation is 1. The quantitative estimate of drug-likeness (QED) is 0.734. The number of carbonyl (C=O) groups is 2. The van der Waals surface area contributed by atoms with Crippen molar-refractivity contribution >= 4 is 11.9 Å². The van der Waals surface area contributed by atoms with Crippen LogP contribution < -0.4 is 0 Å². The Morgan fingerprint density at radius 1 is 1.53 bits per heavy atom. The maximum absolute atomic E-state index is 12.1. The highest BCUT2D eigenvalue weighted by atomic mass is 16.5. The minimum absolute atomic E-state index is 0.0857. The van der Waals surface area contributed by atoms with Gasteiger partial charge in [0.2, 0.25) is 0 Å². The molecule has 0 atom stereocenters. The highest BCUT2D eigenvalue weighted by molar-refractivity contribution is 5.96. The Morgan fingerprint density at radius 3 is 2.59 bits per heavy atom. The fourth-order valence-corrected chi connectivity index (χ4v) is 1.35. The fourth-order valence-electron chi connectivity index (χ4n) is 1.35. The summed E-state index contributed by atoms with van der Waals surface area (Å²) in [7, 11) is 1.29. The summed E-state index contributed by atoms with van der Waals surface area (Å²) in [5, 5.41) is 3.55. The lowest BCUT2D eigenvalue weighted by molar-refractivity contribution is -0.141. The van der Waals surface area contributed by atoms with Crippen LogP contribution in [0.2, 0.25) is 0 Å². The molecule has 1 aromatic heterocycles. The van der Waals surface area contributed by atoms with Crippen molar-refractivity contribution in [2.24, 2.45) is 0 Å². The van der Waals surface area contributed by atoms with Crippen LogP contribution in [0.3, 0.4) is 0 Å². The third-order valence-corrected chi connectivity index (χ3v) is 2.39. The van der Waals surface area contributed by atoms with Gasteiger partial charge in [-0.05, 0) is 20.8 Å². The second-order valence-electron chi connectivity index (χ2n) is 3.90. The Hall–Kier alpha value is -1.85. The molecule has 0 spiro atoms. The summed E-state index contributed by atoms with van der Waals surface area (Å²) in [5.74, 6) is -0.309. The summed E-state index contributed by atoms with van der Waals surface area (Å²) in [4.78, 5) is 24.8. The van der Waals surface area contributed by atoms with E-state index in [1.165, 1.54) is 18.2 Å². The number of methoxy groups -OCH3 is 1. The molecule has 94 valence electrons. The summed E-state index contributed by atoms with van der Waals surface area (Å²) in [5.41, 5.74) is 0.364. The van der Waals surface area contributed by atoms with Crippen molar-refractivity contribution in [3.8, 4) is 0 Å². The third-order valence-electron chi connectivity index (χ3n) is 2.39. The minimum Gasteiger partial charge on any atom is -0.468 e. The van der Waals surface area contributed by atoms with Crippen molar-refractivity contribution in [1.29, 1.82) is 0 Å². The summed E-state index contributed by atoms with van der Waals surface area (Å²) < 4.78 is 9.39. The Labute approximate surface area is 99.5 Å². The molecule has 1 rings (SSSR count). The molecule has 1 aromatic rings. The summed E-state index contributed by atoms with van der Waals surface area (Å²) >= 11 is 0. The van der Waals surface area contributed by atoms with Crippen LogP contribution >= 0.6 is 0 Å². The second kappa shape index (κ2) is 5.47. The van der Waals surface area contributed by atoms with Crippen LogP contribution in [0.15, 0.2) is 10.7 Å². The number of hydrogen-bond donors (Lipinski definition) is 0. The first-order valence-electron chi connectivity index (χ1n) is 5.26. The topological polar surface area (TPSA) is 72.6 Å². The average molecular weight is 240 g/mol. The number of ether oxygens (including phenoxy) is 1. The van der Waals surface area contributed by atoms with Crippen LogP contribution in [0.25, 0.3) is 0 Å². The normalized spacial score (nSPS) is 10.4. The van der Waals surface area contributed by atoms with Gasteiger partial charge in [0.15, 0.2) is 0 Å². The molecular weight excluding hydrogens is 224 g/mol. The van der Waals surface area contributed by atoms with E-state index in [4.69, 9.17) is 4.52 Å². The molecule has 0 N–H and O–H groups in total. The molecular formula is C11H16N2O4. The number of hydrogen-bond acceptors (Lipinski definition) is 5. The molecule has 0 aliphatic rings. The lowest BCUT2D eigenvalue weighted by Crippen LogP contribution is -2.41. The van der Waals surface area contributed by atoms with E-state index in [1.807, 2.05) is 13.8 Å². The molecule has 0 saturated heterocycles. The molecule has 0 fully saturated rings. The van der Waals surface area contributed by atoms with Crippen molar-refractivity contribution in [3.05, 3.63) is 17.5 Å². The Kier molecular flexibility index (Phi) is 4.25. The van der Waals surface area contributed by atoms with E-state index < -0.39 is 5.97 Å². The molecule has 0 aliphatic heterocycles. The van der Waals surface area contributed by atoms with Crippen molar-refractivity contribution in [2.45, 2.75) is 26.8 Å².